The molecule has 0 unspecified atom stereocenters. The summed E-state index contributed by atoms with van der Waals surface area (Å²) >= 11 is 0. The Morgan fingerprint density at radius 1 is 1.40 bits per heavy atom. The minimum Gasteiger partial charge on any atom is -0.329 e. The first kappa shape index (κ1) is 10.1. The smallest absolute Gasteiger partial charge is 0.272 e. The van der Waals surface area contributed by atoms with E-state index < -0.39 is 5.92 Å². The molecule has 1 heterocycles. The van der Waals surface area contributed by atoms with Crippen molar-refractivity contribution in [3.05, 3.63) is 0 Å². The van der Waals surface area contributed by atoms with Crippen molar-refractivity contribution >= 4 is 12.4 Å². The average Bonchev–Trinajstić information content (AvgIpc) is 1.62. The SMILES string of the molecule is Cl.NCCN1CC(F)(F)C1. The molecule has 0 amide bonds. The van der Waals surface area contributed by atoms with Crippen LogP contribution in [0.25, 0.3) is 0 Å². The number of hydrogen-bond donors (Lipinski definition) is 1. The predicted octanol–water partition coefficient (Wildman–Crippen LogP) is 0.318. The molecule has 0 aliphatic carbocycles. The molecular formula is C5H11ClF2N2. The van der Waals surface area contributed by atoms with E-state index in [0.29, 0.717) is 13.1 Å². The summed E-state index contributed by atoms with van der Waals surface area (Å²) < 4.78 is 24.1. The molecule has 0 aromatic heterocycles. The van der Waals surface area contributed by atoms with Crippen molar-refractivity contribution in [3.8, 4) is 0 Å². The van der Waals surface area contributed by atoms with Crippen LogP contribution in [0.3, 0.4) is 0 Å². The highest BCUT2D eigenvalue weighted by molar-refractivity contribution is 5.85. The number of likely N-dealkylation sites (tertiary alicyclic amines) is 1. The summed E-state index contributed by atoms with van der Waals surface area (Å²) in [5.41, 5.74) is 5.14. The van der Waals surface area contributed by atoms with Gasteiger partial charge in [-0.15, -0.1) is 12.4 Å². The number of rotatable bonds is 2. The normalized spacial score (nSPS) is 23.1. The van der Waals surface area contributed by atoms with Crippen molar-refractivity contribution < 1.29 is 8.78 Å². The highest BCUT2D eigenvalue weighted by Gasteiger charge is 2.42. The topological polar surface area (TPSA) is 29.3 Å². The summed E-state index contributed by atoms with van der Waals surface area (Å²) in [4.78, 5) is 1.64. The Labute approximate surface area is 64.8 Å². The van der Waals surface area contributed by atoms with Crippen LogP contribution in [0.2, 0.25) is 0 Å². The zero-order chi connectivity index (χ0) is 6.91. The summed E-state index contributed by atoms with van der Waals surface area (Å²) in [6, 6.07) is 0. The van der Waals surface area contributed by atoms with E-state index in [0.717, 1.165) is 0 Å². The molecule has 1 aliphatic rings. The second-order valence-corrected chi connectivity index (χ2v) is 2.36. The van der Waals surface area contributed by atoms with Crippen molar-refractivity contribution in [2.45, 2.75) is 5.92 Å². The molecule has 1 aliphatic heterocycles. The molecule has 0 radical (unpaired) electrons. The van der Waals surface area contributed by atoms with Crippen molar-refractivity contribution in [2.24, 2.45) is 5.73 Å². The van der Waals surface area contributed by atoms with E-state index in [-0.39, 0.29) is 25.5 Å². The Balaban J connectivity index is 0.000000810. The van der Waals surface area contributed by atoms with E-state index in [9.17, 15) is 8.78 Å². The van der Waals surface area contributed by atoms with Crippen molar-refractivity contribution in [1.82, 2.24) is 4.90 Å². The molecule has 0 saturated carbocycles. The third-order valence-electron chi connectivity index (χ3n) is 1.36. The van der Waals surface area contributed by atoms with E-state index in [1.54, 1.807) is 4.90 Å². The first-order chi connectivity index (χ1) is 4.14. The van der Waals surface area contributed by atoms with Crippen molar-refractivity contribution in [3.63, 3.8) is 0 Å². The summed E-state index contributed by atoms with van der Waals surface area (Å²) in [5, 5.41) is 0. The lowest BCUT2D eigenvalue weighted by molar-refractivity contribution is -0.128. The number of nitrogens with two attached hydrogens (primary N) is 1. The maximum atomic E-state index is 12.0. The Morgan fingerprint density at radius 2 is 1.90 bits per heavy atom. The first-order valence-corrected chi connectivity index (χ1v) is 2.94. The van der Waals surface area contributed by atoms with Gasteiger partial charge in [-0.1, -0.05) is 0 Å². The number of hydrogen-bond acceptors (Lipinski definition) is 2. The molecule has 1 rings (SSSR count). The lowest BCUT2D eigenvalue weighted by atomic mass is 10.1. The van der Waals surface area contributed by atoms with Crippen LogP contribution in [0, 0.1) is 0 Å². The molecule has 1 fully saturated rings. The van der Waals surface area contributed by atoms with Gasteiger partial charge in [0, 0.05) is 13.1 Å². The Kier molecular flexibility index (Phi) is 3.48. The highest BCUT2D eigenvalue weighted by Crippen LogP contribution is 2.25. The molecule has 0 bridgehead atoms. The van der Waals surface area contributed by atoms with Gasteiger partial charge < -0.3 is 5.73 Å². The molecule has 0 spiro atoms. The molecule has 0 aromatic carbocycles. The van der Waals surface area contributed by atoms with Gasteiger partial charge in [-0.2, -0.15) is 0 Å². The lowest BCUT2D eigenvalue weighted by Gasteiger charge is -2.38. The first-order valence-electron chi connectivity index (χ1n) is 2.94. The van der Waals surface area contributed by atoms with Crippen molar-refractivity contribution in [2.75, 3.05) is 26.2 Å². The van der Waals surface area contributed by atoms with E-state index in [1.165, 1.54) is 0 Å². The van der Waals surface area contributed by atoms with Crippen LogP contribution in [0.5, 0.6) is 0 Å². The lowest BCUT2D eigenvalue weighted by Crippen LogP contribution is -2.57. The summed E-state index contributed by atoms with van der Waals surface area (Å²) in [5.74, 6) is -2.44. The van der Waals surface area contributed by atoms with E-state index in [2.05, 4.69) is 0 Å². The fraction of sp³-hybridized carbons (Fsp3) is 1.00. The van der Waals surface area contributed by atoms with E-state index >= 15 is 0 Å². The molecule has 10 heavy (non-hydrogen) atoms. The van der Waals surface area contributed by atoms with Gasteiger partial charge in [0.15, 0.2) is 0 Å². The largest absolute Gasteiger partial charge is 0.329 e. The molecule has 2 nitrogen and oxygen atoms in total. The minimum atomic E-state index is -2.44. The third-order valence-corrected chi connectivity index (χ3v) is 1.36. The Morgan fingerprint density at radius 3 is 2.20 bits per heavy atom. The highest BCUT2D eigenvalue weighted by atomic mass is 35.5. The van der Waals surface area contributed by atoms with Gasteiger partial charge in [-0.05, 0) is 0 Å². The second-order valence-electron chi connectivity index (χ2n) is 2.36. The van der Waals surface area contributed by atoms with Gasteiger partial charge in [0.2, 0.25) is 0 Å². The molecule has 0 aromatic rings. The maximum absolute atomic E-state index is 12.0. The number of alkyl halides is 2. The van der Waals surface area contributed by atoms with Crippen molar-refractivity contribution in [1.29, 1.82) is 0 Å². The monoisotopic (exact) mass is 172 g/mol. The molecule has 5 heteroatoms. The molecule has 2 N–H and O–H groups in total. The van der Waals surface area contributed by atoms with Gasteiger partial charge in [0.25, 0.3) is 5.92 Å². The van der Waals surface area contributed by atoms with E-state index in [1.807, 2.05) is 0 Å². The minimum absolute atomic E-state index is 0. The second kappa shape index (κ2) is 3.46. The van der Waals surface area contributed by atoms with Gasteiger partial charge in [0.05, 0.1) is 13.1 Å². The predicted molar refractivity (Wildman–Crippen MR) is 37.7 cm³/mol. The van der Waals surface area contributed by atoms with Crippen LogP contribution in [0.4, 0.5) is 8.78 Å². The number of halogens is 3. The molecule has 62 valence electrons. The zero-order valence-electron chi connectivity index (χ0n) is 5.52. The van der Waals surface area contributed by atoms with Gasteiger partial charge in [-0.25, -0.2) is 8.78 Å². The van der Waals surface area contributed by atoms with Crippen LogP contribution in [0.1, 0.15) is 0 Å². The maximum Gasteiger partial charge on any atom is 0.272 e. The fourth-order valence-corrected chi connectivity index (χ4v) is 0.949. The van der Waals surface area contributed by atoms with Gasteiger partial charge in [0.1, 0.15) is 0 Å². The number of nitrogens with zero attached hydrogens (tertiary/aromatic N) is 1. The Hall–Kier alpha value is 0.0700. The zero-order valence-corrected chi connectivity index (χ0v) is 6.33. The average molecular weight is 173 g/mol. The molecule has 1 saturated heterocycles. The van der Waals surface area contributed by atoms with Crippen LogP contribution < -0.4 is 5.73 Å². The molecular weight excluding hydrogens is 162 g/mol. The standard InChI is InChI=1S/C5H10F2N2.ClH/c6-5(7)3-9(4-5)2-1-8;/h1-4,8H2;1H. The fourth-order valence-electron chi connectivity index (χ4n) is 0.949. The van der Waals surface area contributed by atoms with Crippen LogP contribution in [-0.4, -0.2) is 37.0 Å². The van der Waals surface area contributed by atoms with Gasteiger partial charge in [-0.3, -0.25) is 4.90 Å². The Bertz CT molecular complexity index is 102. The summed E-state index contributed by atoms with van der Waals surface area (Å²) in [6.07, 6.45) is 0. The quantitative estimate of drug-likeness (QED) is 0.650. The van der Waals surface area contributed by atoms with Crippen LogP contribution in [-0.2, 0) is 0 Å². The summed E-state index contributed by atoms with van der Waals surface area (Å²) in [7, 11) is 0. The van der Waals surface area contributed by atoms with Gasteiger partial charge >= 0.3 is 0 Å². The third kappa shape index (κ3) is 2.36. The van der Waals surface area contributed by atoms with Crippen LogP contribution >= 0.6 is 12.4 Å². The van der Waals surface area contributed by atoms with E-state index in [4.69, 9.17) is 5.73 Å². The van der Waals surface area contributed by atoms with Crippen LogP contribution in [0.15, 0.2) is 0 Å². The molecule has 0 atom stereocenters. The summed E-state index contributed by atoms with van der Waals surface area (Å²) in [6.45, 7) is 0.847.